The Labute approximate surface area is 77.8 Å². The van der Waals surface area contributed by atoms with Crippen molar-refractivity contribution in [3.8, 4) is 0 Å². The number of amides is 2. The number of carbonyl (C=O) groups excluding carboxylic acids is 2. The Kier molecular flexibility index (Phi) is 4.87. The van der Waals surface area contributed by atoms with Gasteiger partial charge in [-0.1, -0.05) is 13.8 Å². The van der Waals surface area contributed by atoms with Crippen LogP contribution in [0.25, 0.3) is 0 Å². The molecule has 0 rings (SSSR count). The van der Waals surface area contributed by atoms with E-state index in [0.717, 1.165) is 4.90 Å². The van der Waals surface area contributed by atoms with Gasteiger partial charge < -0.3 is 15.4 Å². The fourth-order valence-corrected chi connectivity index (χ4v) is 0.646. The van der Waals surface area contributed by atoms with Gasteiger partial charge in [0.25, 0.3) is 0 Å². The summed E-state index contributed by atoms with van der Waals surface area (Å²) in [5.74, 6) is -0.269. The second-order valence-corrected chi connectivity index (χ2v) is 3.29. The van der Waals surface area contributed by atoms with E-state index in [2.05, 4.69) is 0 Å². The zero-order valence-electron chi connectivity index (χ0n) is 8.24. The quantitative estimate of drug-likeness (QED) is 0.684. The predicted molar refractivity (Wildman–Crippen MR) is 48.0 cm³/mol. The van der Waals surface area contributed by atoms with Crippen molar-refractivity contribution in [2.24, 2.45) is 11.7 Å². The molecule has 0 saturated heterocycles. The highest BCUT2D eigenvalue weighted by Crippen LogP contribution is 1.96. The van der Waals surface area contributed by atoms with E-state index in [1.54, 1.807) is 0 Å². The van der Waals surface area contributed by atoms with Gasteiger partial charge in [0.2, 0.25) is 5.91 Å². The summed E-state index contributed by atoms with van der Waals surface area (Å²) in [6.45, 7) is 4.10. The highest BCUT2D eigenvalue weighted by atomic mass is 16.6. The maximum atomic E-state index is 11.1. The Bertz CT molecular complexity index is 192. The van der Waals surface area contributed by atoms with Gasteiger partial charge in [-0.2, -0.15) is 0 Å². The van der Waals surface area contributed by atoms with Gasteiger partial charge >= 0.3 is 6.09 Å². The van der Waals surface area contributed by atoms with Crippen LogP contribution in [0.4, 0.5) is 4.79 Å². The molecule has 0 saturated carbocycles. The third-order valence-corrected chi connectivity index (χ3v) is 1.24. The topological polar surface area (TPSA) is 72.6 Å². The zero-order chi connectivity index (χ0) is 10.4. The van der Waals surface area contributed by atoms with Crippen LogP contribution in [0, 0.1) is 5.92 Å². The first-order chi connectivity index (χ1) is 5.93. The number of nitrogens with zero attached hydrogens (tertiary/aromatic N) is 1. The predicted octanol–water partition coefficient (Wildman–Crippen LogP) is 0.196. The SMILES string of the molecule is CC(C)COC(=O)N(C)CC(N)=O. The van der Waals surface area contributed by atoms with Crippen LogP contribution in [0.15, 0.2) is 0 Å². The summed E-state index contributed by atoms with van der Waals surface area (Å²) in [7, 11) is 1.47. The van der Waals surface area contributed by atoms with Crippen LogP contribution >= 0.6 is 0 Å². The molecule has 0 aliphatic rings. The van der Waals surface area contributed by atoms with Gasteiger partial charge in [-0.05, 0) is 5.92 Å². The lowest BCUT2D eigenvalue weighted by Gasteiger charge is -2.15. The van der Waals surface area contributed by atoms with E-state index in [-0.39, 0.29) is 12.5 Å². The molecule has 0 aromatic rings. The van der Waals surface area contributed by atoms with E-state index >= 15 is 0 Å². The number of nitrogens with two attached hydrogens (primary N) is 1. The summed E-state index contributed by atoms with van der Waals surface area (Å²) >= 11 is 0. The molecule has 0 spiro atoms. The summed E-state index contributed by atoms with van der Waals surface area (Å²) < 4.78 is 4.85. The lowest BCUT2D eigenvalue weighted by atomic mass is 10.2. The van der Waals surface area contributed by atoms with Crippen LogP contribution in [0.5, 0.6) is 0 Å². The van der Waals surface area contributed by atoms with Gasteiger partial charge in [-0.25, -0.2) is 4.79 Å². The van der Waals surface area contributed by atoms with Crippen LogP contribution in [0.2, 0.25) is 0 Å². The first kappa shape index (κ1) is 11.7. The van der Waals surface area contributed by atoms with Gasteiger partial charge in [0.05, 0.1) is 6.61 Å². The molecule has 0 bridgehead atoms. The average Bonchev–Trinajstić information content (AvgIpc) is 1.98. The third-order valence-electron chi connectivity index (χ3n) is 1.24. The fraction of sp³-hybridized carbons (Fsp3) is 0.750. The summed E-state index contributed by atoms with van der Waals surface area (Å²) in [5.41, 5.74) is 4.90. The molecule has 2 amide bonds. The van der Waals surface area contributed by atoms with Crippen molar-refractivity contribution < 1.29 is 14.3 Å². The average molecular weight is 188 g/mol. The number of primary amides is 1. The highest BCUT2D eigenvalue weighted by Gasteiger charge is 2.12. The number of hydrogen-bond donors (Lipinski definition) is 1. The fourth-order valence-electron chi connectivity index (χ4n) is 0.646. The molecule has 0 aromatic carbocycles. The second kappa shape index (κ2) is 5.40. The molecule has 0 aliphatic heterocycles. The molecule has 0 atom stereocenters. The van der Waals surface area contributed by atoms with Gasteiger partial charge in [-0.15, -0.1) is 0 Å². The van der Waals surface area contributed by atoms with Crippen LogP contribution in [0.3, 0.4) is 0 Å². The summed E-state index contributed by atoms with van der Waals surface area (Å²) in [6.07, 6.45) is -0.521. The largest absolute Gasteiger partial charge is 0.449 e. The number of carbonyl (C=O) groups is 2. The van der Waals surface area contributed by atoms with E-state index in [1.807, 2.05) is 13.8 Å². The molecule has 0 aromatic heterocycles. The Morgan fingerprint density at radius 2 is 2.00 bits per heavy atom. The Morgan fingerprint density at radius 1 is 1.46 bits per heavy atom. The normalized spacial score (nSPS) is 9.85. The van der Waals surface area contributed by atoms with Crippen molar-refractivity contribution >= 4 is 12.0 Å². The number of ether oxygens (including phenoxy) is 1. The first-order valence-corrected chi connectivity index (χ1v) is 4.09. The van der Waals surface area contributed by atoms with Crippen LogP contribution in [-0.4, -0.2) is 37.1 Å². The van der Waals surface area contributed by atoms with Crippen molar-refractivity contribution in [3.05, 3.63) is 0 Å². The Hall–Kier alpha value is -1.26. The second-order valence-electron chi connectivity index (χ2n) is 3.29. The van der Waals surface area contributed by atoms with E-state index in [9.17, 15) is 9.59 Å². The first-order valence-electron chi connectivity index (χ1n) is 4.09. The molecule has 0 radical (unpaired) electrons. The van der Waals surface area contributed by atoms with Crippen LogP contribution < -0.4 is 5.73 Å². The molecule has 76 valence electrons. The van der Waals surface area contributed by atoms with E-state index in [4.69, 9.17) is 10.5 Å². The maximum Gasteiger partial charge on any atom is 0.409 e. The number of rotatable bonds is 4. The molecule has 0 heterocycles. The van der Waals surface area contributed by atoms with Crippen molar-refractivity contribution in [2.45, 2.75) is 13.8 Å². The molecular weight excluding hydrogens is 172 g/mol. The molecule has 0 aliphatic carbocycles. The minimum atomic E-state index is -0.552. The zero-order valence-corrected chi connectivity index (χ0v) is 8.24. The summed E-state index contributed by atoms with van der Waals surface area (Å²) in [6, 6.07) is 0. The highest BCUT2D eigenvalue weighted by molar-refractivity contribution is 5.80. The van der Waals surface area contributed by atoms with Gasteiger partial charge in [0, 0.05) is 7.05 Å². The van der Waals surface area contributed by atoms with Crippen LogP contribution in [0.1, 0.15) is 13.8 Å². The summed E-state index contributed by atoms with van der Waals surface area (Å²) in [5, 5.41) is 0. The van der Waals surface area contributed by atoms with E-state index < -0.39 is 12.0 Å². The van der Waals surface area contributed by atoms with E-state index in [0.29, 0.717) is 6.61 Å². The molecule has 5 nitrogen and oxygen atoms in total. The monoisotopic (exact) mass is 188 g/mol. The van der Waals surface area contributed by atoms with Crippen molar-refractivity contribution in [2.75, 3.05) is 20.2 Å². The van der Waals surface area contributed by atoms with Gasteiger partial charge in [0.15, 0.2) is 0 Å². The maximum absolute atomic E-state index is 11.1. The Balaban J connectivity index is 3.76. The Morgan fingerprint density at radius 3 is 2.38 bits per heavy atom. The number of hydrogen-bond acceptors (Lipinski definition) is 3. The van der Waals surface area contributed by atoms with Crippen molar-refractivity contribution in [1.82, 2.24) is 4.90 Å². The van der Waals surface area contributed by atoms with Crippen molar-refractivity contribution in [1.29, 1.82) is 0 Å². The lowest BCUT2D eigenvalue weighted by Crippen LogP contribution is -2.36. The van der Waals surface area contributed by atoms with Gasteiger partial charge in [-0.3, -0.25) is 4.79 Å². The van der Waals surface area contributed by atoms with E-state index in [1.165, 1.54) is 7.05 Å². The van der Waals surface area contributed by atoms with Crippen molar-refractivity contribution in [3.63, 3.8) is 0 Å². The van der Waals surface area contributed by atoms with Crippen LogP contribution in [-0.2, 0) is 9.53 Å². The molecule has 5 heteroatoms. The lowest BCUT2D eigenvalue weighted by molar-refractivity contribution is -0.118. The molecular formula is C8H16N2O3. The minimum Gasteiger partial charge on any atom is -0.449 e. The van der Waals surface area contributed by atoms with Gasteiger partial charge in [0.1, 0.15) is 6.54 Å². The minimum absolute atomic E-state index is 0.114. The molecule has 0 fully saturated rings. The summed E-state index contributed by atoms with van der Waals surface area (Å²) in [4.78, 5) is 22.6. The smallest absolute Gasteiger partial charge is 0.409 e. The molecule has 0 unspecified atom stereocenters. The standard InChI is InChI=1S/C8H16N2O3/c1-6(2)5-13-8(12)10(3)4-7(9)11/h6H,4-5H2,1-3H3,(H2,9,11). The molecule has 13 heavy (non-hydrogen) atoms. The number of likely N-dealkylation sites (N-methyl/N-ethyl adjacent to an activating group) is 1. The molecule has 2 N–H and O–H groups in total. The third kappa shape index (κ3) is 5.95.